The number of hydrogen-bond donors (Lipinski definition) is 3. The first kappa shape index (κ1) is 16.0. The van der Waals surface area contributed by atoms with Crippen molar-refractivity contribution in [2.24, 2.45) is 5.73 Å². The SMILES string of the molecule is N[C@H](Cc1ccc(NS(=O)(=O)c2ccccc2)cc1)C(=O)O. The summed E-state index contributed by atoms with van der Waals surface area (Å²) in [7, 11) is -3.63. The lowest BCUT2D eigenvalue weighted by Crippen LogP contribution is -2.32. The van der Waals surface area contributed by atoms with Gasteiger partial charge in [0, 0.05) is 5.69 Å². The topological polar surface area (TPSA) is 109 Å². The van der Waals surface area contributed by atoms with E-state index in [2.05, 4.69) is 4.72 Å². The van der Waals surface area contributed by atoms with Crippen LogP contribution in [0.1, 0.15) is 5.56 Å². The number of aliphatic carboxylic acids is 1. The molecule has 0 unspecified atom stereocenters. The van der Waals surface area contributed by atoms with Gasteiger partial charge in [-0.3, -0.25) is 9.52 Å². The molecule has 0 saturated carbocycles. The molecule has 116 valence electrons. The van der Waals surface area contributed by atoms with E-state index in [0.717, 1.165) is 5.56 Å². The van der Waals surface area contributed by atoms with Crippen molar-refractivity contribution in [2.75, 3.05) is 4.72 Å². The van der Waals surface area contributed by atoms with Crippen LogP contribution in [0.5, 0.6) is 0 Å². The Morgan fingerprint density at radius 2 is 1.68 bits per heavy atom. The Morgan fingerprint density at radius 3 is 2.23 bits per heavy atom. The van der Waals surface area contributed by atoms with Gasteiger partial charge in [-0.25, -0.2) is 8.42 Å². The van der Waals surface area contributed by atoms with Crippen molar-refractivity contribution in [3.63, 3.8) is 0 Å². The number of benzene rings is 2. The molecule has 2 rings (SSSR count). The van der Waals surface area contributed by atoms with E-state index < -0.39 is 22.0 Å². The number of carboxylic acids is 1. The summed E-state index contributed by atoms with van der Waals surface area (Å²) >= 11 is 0. The second kappa shape index (κ2) is 6.59. The summed E-state index contributed by atoms with van der Waals surface area (Å²) in [6.07, 6.45) is 0.182. The molecule has 0 radical (unpaired) electrons. The average Bonchev–Trinajstić information content (AvgIpc) is 2.50. The minimum atomic E-state index is -3.63. The van der Waals surface area contributed by atoms with Crippen molar-refractivity contribution >= 4 is 21.7 Å². The molecule has 0 saturated heterocycles. The molecule has 0 spiro atoms. The standard InChI is InChI=1S/C15H16N2O4S/c16-14(15(18)19)10-11-6-8-12(9-7-11)17-22(20,21)13-4-2-1-3-5-13/h1-9,14,17H,10,16H2,(H,18,19)/t14-/m1/s1. The van der Waals surface area contributed by atoms with Crippen LogP contribution in [0.25, 0.3) is 0 Å². The van der Waals surface area contributed by atoms with Crippen LogP contribution >= 0.6 is 0 Å². The summed E-state index contributed by atoms with van der Waals surface area (Å²) in [5.41, 5.74) is 6.57. The van der Waals surface area contributed by atoms with Crippen LogP contribution in [0.3, 0.4) is 0 Å². The van der Waals surface area contributed by atoms with Gasteiger partial charge in [0.25, 0.3) is 10.0 Å². The fourth-order valence-corrected chi connectivity index (χ4v) is 2.94. The summed E-state index contributed by atoms with van der Waals surface area (Å²) in [4.78, 5) is 10.9. The maximum absolute atomic E-state index is 12.1. The highest BCUT2D eigenvalue weighted by molar-refractivity contribution is 7.92. The molecule has 0 bridgehead atoms. The molecule has 1 atom stereocenters. The molecule has 0 fully saturated rings. The Hall–Kier alpha value is -2.38. The zero-order valence-electron chi connectivity index (χ0n) is 11.6. The van der Waals surface area contributed by atoms with Gasteiger partial charge in [-0.15, -0.1) is 0 Å². The molecule has 4 N–H and O–H groups in total. The van der Waals surface area contributed by atoms with Gasteiger partial charge in [-0.2, -0.15) is 0 Å². The van der Waals surface area contributed by atoms with Gasteiger partial charge in [-0.1, -0.05) is 30.3 Å². The summed E-state index contributed by atoms with van der Waals surface area (Å²) in [6.45, 7) is 0. The van der Waals surface area contributed by atoms with E-state index >= 15 is 0 Å². The average molecular weight is 320 g/mol. The van der Waals surface area contributed by atoms with Crippen molar-refractivity contribution < 1.29 is 18.3 Å². The molecular weight excluding hydrogens is 304 g/mol. The Kier molecular flexibility index (Phi) is 4.79. The maximum atomic E-state index is 12.1. The van der Waals surface area contributed by atoms with Gasteiger partial charge < -0.3 is 10.8 Å². The molecule has 0 aliphatic carbocycles. The molecule has 6 nitrogen and oxygen atoms in total. The first-order valence-electron chi connectivity index (χ1n) is 6.54. The molecule has 0 amide bonds. The fourth-order valence-electron chi connectivity index (χ4n) is 1.86. The van der Waals surface area contributed by atoms with Crippen LogP contribution in [0.15, 0.2) is 59.5 Å². The zero-order valence-corrected chi connectivity index (χ0v) is 12.5. The maximum Gasteiger partial charge on any atom is 0.320 e. The summed E-state index contributed by atoms with van der Waals surface area (Å²) in [6, 6.07) is 13.5. The van der Waals surface area contributed by atoms with Crippen molar-refractivity contribution in [2.45, 2.75) is 17.4 Å². The van der Waals surface area contributed by atoms with Crippen LogP contribution in [0, 0.1) is 0 Å². The largest absolute Gasteiger partial charge is 0.480 e. The second-order valence-electron chi connectivity index (χ2n) is 4.76. The predicted molar refractivity (Wildman–Crippen MR) is 83.0 cm³/mol. The molecule has 22 heavy (non-hydrogen) atoms. The number of carbonyl (C=O) groups is 1. The summed E-state index contributed by atoms with van der Waals surface area (Å²) in [5, 5.41) is 8.76. The smallest absolute Gasteiger partial charge is 0.320 e. The Morgan fingerprint density at radius 1 is 1.09 bits per heavy atom. The van der Waals surface area contributed by atoms with E-state index in [1.807, 2.05) is 0 Å². The van der Waals surface area contributed by atoms with Gasteiger partial charge in [0.2, 0.25) is 0 Å². The lowest BCUT2D eigenvalue weighted by Gasteiger charge is -2.10. The van der Waals surface area contributed by atoms with E-state index in [0.29, 0.717) is 5.69 Å². The number of nitrogens with one attached hydrogen (secondary N) is 1. The van der Waals surface area contributed by atoms with E-state index in [1.165, 1.54) is 12.1 Å². The molecule has 2 aromatic carbocycles. The number of carboxylic acid groups (broad SMARTS) is 1. The van der Waals surface area contributed by atoms with Gasteiger partial charge >= 0.3 is 5.97 Å². The van der Waals surface area contributed by atoms with Gasteiger partial charge in [0.1, 0.15) is 6.04 Å². The highest BCUT2D eigenvalue weighted by Crippen LogP contribution is 2.16. The van der Waals surface area contributed by atoms with E-state index in [-0.39, 0.29) is 11.3 Å². The van der Waals surface area contributed by atoms with E-state index in [1.54, 1.807) is 42.5 Å². The van der Waals surface area contributed by atoms with Crippen LogP contribution in [0.2, 0.25) is 0 Å². The summed E-state index contributed by atoms with van der Waals surface area (Å²) in [5.74, 6) is -1.08. The van der Waals surface area contributed by atoms with Gasteiger partial charge in [0.15, 0.2) is 0 Å². The van der Waals surface area contributed by atoms with Crippen molar-refractivity contribution in [3.8, 4) is 0 Å². The monoisotopic (exact) mass is 320 g/mol. The third-order valence-corrected chi connectivity index (χ3v) is 4.43. The van der Waals surface area contributed by atoms with Gasteiger partial charge in [-0.05, 0) is 36.2 Å². The van der Waals surface area contributed by atoms with Crippen LogP contribution in [-0.2, 0) is 21.2 Å². The molecule has 0 aliphatic rings. The summed E-state index contributed by atoms with van der Waals surface area (Å²) < 4.78 is 26.8. The quantitative estimate of drug-likeness (QED) is 0.746. The third kappa shape index (κ3) is 4.06. The minimum absolute atomic E-state index is 0.173. The second-order valence-corrected chi connectivity index (χ2v) is 6.45. The number of nitrogens with two attached hydrogens (primary N) is 1. The molecule has 0 aromatic heterocycles. The zero-order chi connectivity index (χ0) is 16.2. The van der Waals surface area contributed by atoms with E-state index in [4.69, 9.17) is 10.8 Å². The Balaban J connectivity index is 2.10. The minimum Gasteiger partial charge on any atom is -0.480 e. The van der Waals surface area contributed by atoms with Crippen LogP contribution in [-0.4, -0.2) is 25.5 Å². The van der Waals surface area contributed by atoms with Crippen LogP contribution < -0.4 is 10.5 Å². The number of sulfonamides is 1. The number of anilines is 1. The fraction of sp³-hybridized carbons (Fsp3) is 0.133. The van der Waals surface area contributed by atoms with Crippen molar-refractivity contribution in [3.05, 3.63) is 60.2 Å². The van der Waals surface area contributed by atoms with Gasteiger partial charge in [0.05, 0.1) is 4.90 Å². The third-order valence-electron chi connectivity index (χ3n) is 3.03. The van der Waals surface area contributed by atoms with Crippen molar-refractivity contribution in [1.82, 2.24) is 0 Å². The number of rotatable bonds is 6. The highest BCUT2D eigenvalue weighted by atomic mass is 32.2. The lowest BCUT2D eigenvalue weighted by atomic mass is 10.1. The highest BCUT2D eigenvalue weighted by Gasteiger charge is 2.14. The Bertz CT molecular complexity index is 743. The first-order chi connectivity index (χ1) is 10.4. The molecule has 2 aromatic rings. The van der Waals surface area contributed by atoms with E-state index in [9.17, 15) is 13.2 Å². The van der Waals surface area contributed by atoms with Crippen molar-refractivity contribution in [1.29, 1.82) is 0 Å². The Labute approximate surface area is 128 Å². The lowest BCUT2D eigenvalue weighted by molar-refractivity contribution is -0.138. The normalized spacial score (nSPS) is 12.6. The predicted octanol–water partition coefficient (Wildman–Crippen LogP) is 1.44. The molecule has 0 aliphatic heterocycles. The molecule has 7 heteroatoms. The molecule has 0 heterocycles. The number of hydrogen-bond acceptors (Lipinski definition) is 4. The molecular formula is C15H16N2O4S. The first-order valence-corrected chi connectivity index (χ1v) is 8.02. The van der Waals surface area contributed by atoms with Crippen LogP contribution in [0.4, 0.5) is 5.69 Å².